The highest BCUT2D eigenvalue weighted by atomic mass is 16.5. The lowest BCUT2D eigenvalue weighted by Crippen LogP contribution is -2.42. The van der Waals surface area contributed by atoms with E-state index in [2.05, 4.69) is 53.6 Å². The summed E-state index contributed by atoms with van der Waals surface area (Å²) in [7, 11) is 5.48. The molecule has 1 fully saturated rings. The third kappa shape index (κ3) is 5.93. The number of ether oxygens (including phenoxy) is 2. The van der Waals surface area contributed by atoms with Gasteiger partial charge in [-0.05, 0) is 76.1 Å². The zero-order valence-electron chi connectivity index (χ0n) is 19.8. The molecule has 0 amide bonds. The van der Waals surface area contributed by atoms with Gasteiger partial charge in [0.2, 0.25) is 0 Å². The standard InChI is InChI=1S/C24H37N5O2/c1-16(13-21-17(2)28-29(5)18(21)3)27-24(25-4)26-15-19-11-12-22(30-6)23(14-19)31-20-9-7-8-10-20/h11-12,14,16,20H,7-10,13,15H2,1-6H3,(H2,25,26,27). The lowest BCUT2D eigenvalue weighted by molar-refractivity contribution is 0.200. The summed E-state index contributed by atoms with van der Waals surface area (Å²) in [5.74, 6) is 2.39. The van der Waals surface area contributed by atoms with Gasteiger partial charge < -0.3 is 20.1 Å². The fraction of sp³-hybridized carbons (Fsp3) is 0.583. The molecular formula is C24H37N5O2. The molecule has 7 heteroatoms. The van der Waals surface area contributed by atoms with Crippen LogP contribution in [0.4, 0.5) is 0 Å². The maximum absolute atomic E-state index is 6.22. The monoisotopic (exact) mass is 427 g/mol. The summed E-state index contributed by atoms with van der Waals surface area (Å²) >= 11 is 0. The molecule has 1 atom stereocenters. The number of benzene rings is 1. The zero-order chi connectivity index (χ0) is 22.4. The van der Waals surface area contributed by atoms with Crippen molar-refractivity contribution in [3.8, 4) is 11.5 Å². The molecule has 0 spiro atoms. The van der Waals surface area contributed by atoms with Gasteiger partial charge in [0.1, 0.15) is 0 Å². The van der Waals surface area contributed by atoms with Crippen molar-refractivity contribution in [2.24, 2.45) is 12.0 Å². The van der Waals surface area contributed by atoms with Crippen LogP contribution in [-0.2, 0) is 20.0 Å². The molecule has 2 N–H and O–H groups in total. The molecule has 0 aliphatic heterocycles. The summed E-state index contributed by atoms with van der Waals surface area (Å²) < 4.78 is 13.7. The van der Waals surface area contributed by atoms with Crippen molar-refractivity contribution in [2.45, 2.75) is 71.6 Å². The number of nitrogens with zero attached hydrogens (tertiary/aromatic N) is 3. The van der Waals surface area contributed by atoms with E-state index in [9.17, 15) is 0 Å². The SMILES string of the molecule is CN=C(NCc1ccc(OC)c(OC2CCCC2)c1)NC(C)Cc1c(C)nn(C)c1C. The minimum Gasteiger partial charge on any atom is -0.493 e. The predicted molar refractivity (Wildman–Crippen MR) is 125 cm³/mol. The first-order chi connectivity index (χ1) is 14.9. The minimum absolute atomic E-state index is 0.227. The highest BCUT2D eigenvalue weighted by Crippen LogP contribution is 2.32. The van der Waals surface area contributed by atoms with Crippen molar-refractivity contribution in [3.05, 3.63) is 40.7 Å². The molecule has 1 aliphatic rings. The normalized spacial score (nSPS) is 15.7. The largest absolute Gasteiger partial charge is 0.493 e. The van der Waals surface area contributed by atoms with Crippen LogP contribution in [-0.4, -0.2) is 42.0 Å². The van der Waals surface area contributed by atoms with Gasteiger partial charge in [0.15, 0.2) is 17.5 Å². The van der Waals surface area contributed by atoms with Gasteiger partial charge in [-0.1, -0.05) is 6.07 Å². The van der Waals surface area contributed by atoms with Crippen LogP contribution in [0.2, 0.25) is 0 Å². The number of hydrogen-bond acceptors (Lipinski definition) is 4. The molecule has 1 aromatic carbocycles. The van der Waals surface area contributed by atoms with E-state index in [4.69, 9.17) is 9.47 Å². The molecule has 0 bridgehead atoms. The molecule has 1 aromatic heterocycles. The summed E-state index contributed by atoms with van der Waals surface area (Å²) in [6.45, 7) is 7.00. The Hall–Kier alpha value is -2.70. The Morgan fingerprint density at radius 3 is 2.61 bits per heavy atom. The Balaban J connectivity index is 1.58. The van der Waals surface area contributed by atoms with Crippen LogP contribution in [0.15, 0.2) is 23.2 Å². The first-order valence-electron chi connectivity index (χ1n) is 11.2. The van der Waals surface area contributed by atoms with E-state index in [0.29, 0.717) is 12.6 Å². The molecule has 1 saturated carbocycles. The van der Waals surface area contributed by atoms with Crippen molar-refractivity contribution in [2.75, 3.05) is 14.2 Å². The summed E-state index contributed by atoms with van der Waals surface area (Å²) in [5, 5.41) is 11.4. The van der Waals surface area contributed by atoms with Crippen LogP contribution in [0.3, 0.4) is 0 Å². The quantitative estimate of drug-likeness (QED) is 0.497. The molecule has 2 aromatic rings. The highest BCUT2D eigenvalue weighted by molar-refractivity contribution is 5.80. The molecule has 1 aliphatic carbocycles. The summed E-state index contributed by atoms with van der Waals surface area (Å²) in [6, 6.07) is 6.34. The van der Waals surface area contributed by atoms with Gasteiger partial charge in [-0.25, -0.2) is 0 Å². The van der Waals surface area contributed by atoms with Gasteiger partial charge in [0.25, 0.3) is 0 Å². The maximum Gasteiger partial charge on any atom is 0.191 e. The number of methoxy groups -OCH3 is 1. The van der Waals surface area contributed by atoms with Gasteiger partial charge in [-0.3, -0.25) is 9.67 Å². The van der Waals surface area contributed by atoms with Crippen LogP contribution < -0.4 is 20.1 Å². The first-order valence-corrected chi connectivity index (χ1v) is 11.2. The fourth-order valence-corrected chi connectivity index (χ4v) is 4.19. The number of aryl methyl sites for hydroxylation is 2. The molecule has 7 nitrogen and oxygen atoms in total. The molecule has 1 heterocycles. The van der Waals surface area contributed by atoms with Gasteiger partial charge in [0, 0.05) is 32.4 Å². The van der Waals surface area contributed by atoms with Crippen molar-refractivity contribution < 1.29 is 9.47 Å². The van der Waals surface area contributed by atoms with Crippen molar-refractivity contribution >= 4 is 5.96 Å². The summed E-state index contributed by atoms with van der Waals surface area (Å²) in [5.41, 5.74) is 4.72. The number of rotatable bonds is 8. The lowest BCUT2D eigenvalue weighted by atomic mass is 10.1. The molecule has 31 heavy (non-hydrogen) atoms. The average Bonchev–Trinajstić information content (AvgIpc) is 3.35. The molecular weight excluding hydrogens is 390 g/mol. The van der Waals surface area contributed by atoms with Gasteiger partial charge in [-0.2, -0.15) is 5.10 Å². The Kier molecular flexibility index (Phi) is 7.82. The molecule has 0 saturated heterocycles. The molecule has 170 valence electrons. The Morgan fingerprint density at radius 2 is 2.00 bits per heavy atom. The number of nitrogens with one attached hydrogen (secondary N) is 2. The van der Waals surface area contributed by atoms with Crippen LogP contribution in [0, 0.1) is 13.8 Å². The lowest BCUT2D eigenvalue weighted by Gasteiger charge is -2.19. The smallest absolute Gasteiger partial charge is 0.191 e. The van der Waals surface area contributed by atoms with E-state index in [1.54, 1.807) is 14.2 Å². The second-order valence-electron chi connectivity index (χ2n) is 8.46. The molecule has 1 unspecified atom stereocenters. The number of hydrogen-bond donors (Lipinski definition) is 2. The maximum atomic E-state index is 6.22. The van der Waals surface area contributed by atoms with Gasteiger partial charge >= 0.3 is 0 Å². The molecule has 0 radical (unpaired) electrons. The molecule has 3 rings (SSSR count). The predicted octanol–water partition coefficient (Wildman–Crippen LogP) is 3.66. The van der Waals surface area contributed by atoms with E-state index in [0.717, 1.165) is 48.0 Å². The van der Waals surface area contributed by atoms with E-state index < -0.39 is 0 Å². The Labute approximate surface area is 186 Å². The van der Waals surface area contributed by atoms with Gasteiger partial charge in [0.05, 0.1) is 18.9 Å². The number of guanidine groups is 1. The third-order valence-electron chi connectivity index (χ3n) is 6.06. The third-order valence-corrected chi connectivity index (χ3v) is 6.06. The second kappa shape index (κ2) is 10.6. The summed E-state index contributed by atoms with van der Waals surface area (Å²) in [4.78, 5) is 4.39. The fourth-order valence-electron chi connectivity index (χ4n) is 4.19. The topological polar surface area (TPSA) is 72.7 Å². The summed E-state index contributed by atoms with van der Waals surface area (Å²) in [6.07, 6.45) is 5.92. The van der Waals surface area contributed by atoms with Gasteiger partial charge in [-0.15, -0.1) is 0 Å². The minimum atomic E-state index is 0.227. The van der Waals surface area contributed by atoms with Crippen molar-refractivity contribution in [1.82, 2.24) is 20.4 Å². The van der Waals surface area contributed by atoms with Crippen LogP contribution in [0.1, 0.15) is 55.1 Å². The van der Waals surface area contributed by atoms with Crippen LogP contribution in [0.5, 0.6) is 11.5 Å². The Bertz CT molecular complexity index is 900. The highest BCUT2D eigenvalue weighted by Gasteiger charge is 2.19. The number of aliphatic imine (C=N–C) groups is 1. The zero-order valence-corrected chi connectivity index (χ0v) is 19.8. The first kappa shape index (κ1) is 23.0. The van der Waals surface area contributed by atoms with E-state index in [1.807, 2.05) is 17.8 Å². The second-order valence-corrected chi connectivity index (χ2v) is 8.46. The van der Waals surface area contributed by atoms with Crippen LogP contribution >= 0.6 is 0 Å². The van der Waals surface area contributed by atoms with Crippen LogP contribution in [0.25, 0.3) is 0 Å². The number of aromatic nitrogens is 2. The van der Waals surface area contributed by atoms with Crippen molar-refractivity contribution in [1.29, 1.82) is 0 Å². The van der Waals surface area contributed by atoms with E-state index in [1.165, 1.54) is 24.1 Å². The van der Waals surface area contributed by atoms with E-state index in [-0.39, 0.29) is 6.04 Å². The van der Waals surface area contributed by atoms with E-state index >= 15 is 0 Å². The average molecular weight is 428 g/mol. The van der Waals surface area contributed by atoms with Crippen molar-refractivity contribution in [3.63, 3.8) is 0 Å². The Morgan fingerprint density at radius 1 is 1.26 bits per heavy atom.